The van der Waals surface area contributed by atoms with E-state index in [4.69, 9.17) is 11.6 Å². The molecule has 0 radical (unpaired) electrons. The molecule has 3 rings (SSSR count). The fourth-order valence-electron chi connectivity index (χ4n) is 2.86. The van der Waals surface area contributed by atoms with Gasteiger partial charge in [-0.1, -0.05) is 41.9 Å². The molecule has 2 heterocycles. The molecule has 0 saturated carbocycles. The number of anilines is 1. The van der Waals surface area contributed by atoms with Crippen LogP contribution in [0.1, 0.15) is 18.9 Å². The zero-order chi connectivity index (χ0) is 19.8. The number of aromatic nitrogens is 3. The third-order valence-electron chi connectivity index (χ3n) is 4.31. The first-order valence-electron chi connectivity index (χ1n) is 9.26. The molecule has 5 nitrogen and oxygen atoms in total. The third kappa shape index (κ3) is 5.36. The summed E-state index contributed by atoms with van der Waals surface area (Å²) >= 11 is 8.11. The van der Waals surface area contributed by atoms with Crippen LogP contribution < -0.4 is 4.90 Å². The summed E-state index contributed by atoms with van der Waals surface area (Å²) in [6.07, 6.45) is 6.67. The van der Waals surface area contributed by atoms with Gasteiger partial charge in [0.15, 0.2) is 5.15 Å². The Balaban J connectivity index is 1.54. The van der Waals surface area contributed by atoms with Gasteiger partial charge in [0.2, 0.25) is 5.91 Å². The van der Waals surface area contributed by atoms with Crippen LogP contribution in [0.5, 0.6) is 0 Å². The topological polar surface area (TPSA) is 51.0 Å². The lowest BCUT2D eigenvalue weighted by Gasteiger charge is -2.19. The normalized spacial score (nSPS) is 10.8. The Labute approximate surface area is 174 Å². The van der Waals surface area contributed by atoms with E-state index in [1.54, 1.807) is 39.9 Å². The quantitative estimate of drug-likeness (QED) is 0.478. The molecular formula is C21H23ClN4OS. The zero-order valence-corrected chi connectivity index (χ0v) is 17.4. The van der Waals surface area contributed by atoms with E-state index in [2.05, 4.69) is 34.3 Å². The number of hydrogen-bond donors (Lipinski definition) is 0. The molecule has 7 heteroatoms. The molecule has 0 aliphatic rings. The van der Waals surface area contributed by atoms with Crippen LogP contribution in [-0.2, 0) is 11.2 Å². The van der Waals surface area contributed by atoms with Crippen molar-refractivity contribution in [2.75, 3.05) is 23.0 Å². The van der Waals surface area contributed by atoms with E-state index in [0.717, 1.165) is 23.6 Å². The van der Waals surface area contributed by atoms with Gasteiger partial charge in [-0.2, -0.15) is 16.9 Å². The number of carbonyl (C=O) groups excluding carboxylic acids is 1. The average Bonchev–Trinajstić information content (AvgIpc) is 3.11. The molecule has 0 aliphatic carbocycles. The number of thioether (sulfide) groups is 1. The number of halogens is 1. The maximum absolute atomic E-state index is 12.7. The minimum atomic E-state index is 0.0577. The summed E-state index contributed by atoms with van der Waals surface area (Å²) in [4.78, 5) is 18.5. The lowest BCUT2D eigenvalue weighted by Crippen LogP contribution is -2.30. The van der Waals surface area contributed by atoms with Crippen LogP contribution in [0, 0.1) is 0 Å². The van der Waals surface area contributed by atoms with Crippen molar-refractivity contribution in [2.24, 2.45) is 0 Å². The van der Waals surface area contributed by atoms with Crippen molar-refractivity contribution in [3.05, 3.63) is 71.8 Å². The maximum Gasteiger partial charge on any atom is 0.227 e. The summed E-state index contributed by atoms with van der Waals surface area (Å²) in [7, 11) is 0. The molecule has 0 N–H and O–H groups in total. The molecule has 1 aromatic carbocycles. The number of nitrogens with zero attached hydrogens (tertiary/aromatic N) is 4. The van der Waals surface area contributed by atoms with Crippen LogP contribution >= 0.6 is 23.4 Å². The molecule has 0 unspecified atom stereocenters. The Morgan fingerprint density at radius 2 is 2.00 bits per heavy atom. The van der Waals surface area contributed by atoms with Crippen molar-refractivity contribution in [1.82, 2.24) is 14.8 Å². The van der Waals surface area contributed by atoms with Crippen LogP contribution in [0.2, 0.25) is 5.15 Å². The molecule has 2 aromatic heterocycles. The van der Waals surface area contributed by atoms with E-state index >= 15 is 0 Å². The first-order chi connectivity index (χ1) is 13.7. The summed E-state index contributed by atoms with van der Waals surface area (Å²) in [5.74, 6) is 1.85. The van der Waals surface area contributed by atoms with Crippen molar-refractivity contribution in [1.29, 1.82) is 0 Å². The Kier molecular flexibility index (Phi) is 7.51. The fourth-order valence-corrected chi connectivity index (χ4v) is 3.99. The molecule has 0 aliphatic heterocycles. The van der Waals surface area contributed by atoms with Gasteiger partial charge < -0.3 is 4.90 Å². The van der Waals surface area contributed by atoms with Crippen LogP contribution in [0.3, 0.4) is 0 Å². The zero-order valence-electron chi connectivity index (χ0n) is 15.8. The fraction of sp³-hybridized carbons (Fsp3) is 0.286. The summed E-state index contributed by atoms with van der Waals surface area (Å²) in [6, 6.07) is 14.1. The second-order valence-electron chi connectivity index (χ2n) is 6.20. The Hall–Kier alpha value is -2.31. The van der Waals surface area contributed by atoms with Gasteiger partial charge in [0.25, 0.3) is 0 Å². The lowest BCUT2D eigenvalue weighted by molar-refractivity contribution is -0.118. The van der Waals surface area contributed by atoms with E-state index in [-0.39, 0.29) is 5.91 Å². The van der Waals surface area contributed by atoms with Crippen molar-refractivity contribution in [3.8, 4) is 5.69 Å². The van der Waals surface area contributed by atoms with Crippen LogP contribution in [-0.4, -0.2) is 38.7 Å². The predicted octanol–water partition coefficient (Wildman–Crippen LogP) is 4.64. The number of carbonyl (C=O) groups is 1. The minimum absolute atomic E-state index is 0.0577. The maximum atomic E-state index is 12.7. The van der Waals surface area contributed by atoms with Crippen molar-refractivity contribution in [3.63, 3.8) is 0 Å². The van der Waals surface area contributed by atoms with E-state index in [1.807, 2.05) is 25.1 Å². The first kappa shape index (κ1) is 20.4. The molecule has 0 fully saturated rings. The van der Waals surface area contributed by atoms with Crippen molar-refractivity contribution >= 4 is 35.0 Å². The molecule has 0 spiro atoms. The third-order valence-corrected chi connectivity index (χ3v) is 5.56. The number of aryl methyl sites for hydroxylation is 1. The SMILES string of the molecule is CCN(C(=O)CCSCCc1ccccc1)c1cn(-c2cccnc2)nc1Cl. The van der Waals surface area contributed by atoms with E-state index in [0.29, 0.717) is 23.8 Å². The molecule has 0 atom stereocenters. The van der Waals surface area contributed by atoms with Gasteiger partial charge in [-0.05, 0) is 36.8 Å². The summed E-state index contributed by atoms with van der Waals surface area (Å²) in [6.45, 7) is 2.49. The van der Waals surface area contributed by atoms with E-state index in [1.165, 1.54) is 5.56 Å². The highest BCUT2D eigenvalue weighted by atomic mass is 35.5. The summed E-state index contributed by atoms with van der Waals surface area (Å²) in [5, 5.41) is 4.63. The highest BCUT2D eigenvalue weighted by Gasteiger charge is 2.20. The Morgan fingerprint density at radius 1 is 1.18 bits per heavy atom. The summed E-state index contributed by atoms with van der Waals surface area (Å²) in [5.41, 5.74) is 2.76. The number of benzene rings is 1. The van der Waals surface area contributed by atoms with Gasteiger partial charge in [0, 0.05) is 24.9 Å². The largest absolute Gasteiger partial charge is 0.308 e. The van der Waals surface area contributed by atoms with Crippen molar-refractivity contribution < 1.29 is 4.79 Å². The molecule has 3 aromatic rings. The molecule has 146 valence electrons. The van der Waals surface area contributed by atoms with Gasteiger partial charge in [0.05, 0.1) is 18.1 Å². The van der Waals surface area contributed by atoms with Gasteiger partial charge in [-0.3, -0.25) is 9.78 Å². The monoisotopic (exact) mass is 414 g/mol. The molecular weight excluding hydrogens is 392 g/mol. The number of amides is 1. The van der Waals surface area contributed by atoms with Crippen LogP contribution in [0.4, 0.5) is 5.69 Å². The van der Waals surface area contributed by atoms with Crippen molar-refractivity contribution in [2.45, 2.75) is 19.8 Å². The second-order valence-corrected chi connectivity index (χ2v) is 7.78. The molecule has 28 heavy (non-hydrogen) atoms. The van der Waals surface area contributed by atoms with Crippen LogP contribution in [0.15, 0.2) is 61.1 Å². The summed E-state index contributed by atoms with van der Waals surface area (Å²) < 4.78 is 1.65. The number of rotatable bonds is 9. The van der Waals surface area contributed by atoms with Gasteiger partial charge in [-0.15, -0.1) is 0 Å². The minimum Gasteiger partial charge on any atom is -0.308 e. The molecule has 1 amide bonds. The first-order valence-corrected chi connectivity index (χ1v) is 10.8. The number of pyridine rings is 1. The lowest BCUT2D eigenvalue weighted by atomic mass is 10.2. The van der Waals surface area contributed by atoms with Gasteiger partial charge in [0.1, 0.15) is 5.69 Å². The average molecular weight is 415 g/mol. The smallest absolute Gasteiger partial charge is 0.227 e. The van der Waals surface area contributed by atoms with E-state index < -0.39 is 0 Å². The van der Waals surface area contributed by atoms with Gasteiger partial charge >= 0.3 is 0 Å². The molecule has 0 bridgehead atoms. The standard InChI is InChI=1S/C21H23ClN4OS/c1-2-25(19-16-26(24-21(19)22)18-9-6-12-23-15-18)20(27)11-14-28-13-10-17-7-4-3-5-8-17/h3-9,12,15-16H,2,10-11,13-14H2,1H3. The van der Waals surface area contributed by atoms with Crippen LogP contribution in [0.25, 0.3) is 5.69 Å². The van der Waals surface area contributed by atoms with Gasteiger partial charge in [-0.25, -0.2) is 4.68 Å². The highest BCUT2D eigenvalue weighted by Crippen LogP contribution is 2.26. The highest BCUT2D eigenvalue weighted by molar-refractivity contribution is 7.99. The Morgan fingerprint density at radius 3 is 2.71 bits per heavy atom. The molecule has 0 saturated heterocycles. The Bertz CT molecular complexity index is 886. The van der Waals surface area contributed by atoms with E-state index in [9.17, 15) is 4.79 Å². The predicted molar refractivity (Wildman–Crippen MR) is 116 cm³/mol. The second kappa shape index (κ2) is 10.3. The number of hydrogen-bond acceptors (Lipinski definition) is 4.